The number of aromatic amines is 1. The Morgan fingerprint density at radius 1 is 0.896 bits per heavy atom. The van der Waals surface area contributed by atoms with Gasteiger partial charge < -0.3 is 10.6 Å². The first-order valence-corrected chi connectivity index (χ1v) is 16.4. The van der Waals surface area contributed by atoms with Gasteiger partial charge in [0.05, 0.1) is 17.5 Å². The summed E-state index contributed by atoms with van der Waals surface area (Å²) in [7, 11) is 0. The van der Waals surface area contributed by atoms with Crippen LogP contribution in [0.25, 0.3) is 0 Å². The van der Waals surface area contributed by atoms with E-state index in [-0.39, 0.29) is 29.9 Å². The summed E-state index contributed by atoms with van der Waals surface area (Å²) in [5.41, 5.74) is 3.77. The number of carbonyl (C=O) groups is 2. The standard InChI is InChI=1S/C38H36FN7O2/c1-36(2)15-24-31(27(48)17-36)38(4,22-13-9-6-10-14-22)32-33(39)46(45-35(32)42-24)20-37(3)16-23-29(26(47)18-37)28(21-11-7-5-8-12-21)30-25(19-40)43-44-34(30)41-23/h5-14,28H,15-18,20H2,1-4H3,(H,42,45)(H2,41,43,44). The van der Waals surface area contributed by atoms with Gasteiger partial charge in [-0.2, -0.15) is 19.8 Å². The predicted molar refractivity (Wildman–Crippen MR) is 178 cm³/mol. The number of H-pyrrole nitrogens is 1. The van der Waals surface area contributed by atoms with E-state index in [4.69, 9.17) is 5.10 Å². The summed E-state index contributed by atoms with van der Waals surface area (Å²) >= 11 is 0. The second-order valence-electron chi connectivity index (χ2n) is 15.0. The molecule has 8 rings (SSSR count). The fraction of sp³-hybridized carbons (Fsp3) is 0.342. The van der Waals surface area contributed by atoms with E-state index in [0.717, 1.165) is 22.5 Å². The second-order valence-corrected chi connectivity index (χ2v) is 15.0. The number of benzene rings is 2. The fourth-order valence-corrected chi connectivity index (χ4v) is 8.65. The smallest absolute Gasteiger partial charge is 0.218 e. The normalized spacial score (nSPS) is 25.7. The van der Waals surface area contributed by atoms with E-state index < -0.39 is 22.7 Å². The largest absolute Gasteiger partial charge is 0.342 e. The molecule has 2 aromatic carbocycles. The highest BCUT2D eigenvalue weighted by molar-refractivity contribution is 6.03. The Labute approximate surface area is 277 Å². The molecule has 2 aliphatic heterocycles. The van der Waals surface area contributed by atoms with Gasteiger partial charge in [-0.05, 0) is 41.7 Å². The van der Waals surface area contributed by atoms with Crippen molar-refractivity contribution in [3.8, 4) is 6.07 Å². The van der Waals surface area contributed by atoms with Gasteiger partial charge in [-0.1, -0.05) is 81.4 Å². The Bertz CT molecular complexity index is 2140. The number of nitrogens with one attached hydrogen (secondary N) is 3. The SMILES string of the molecule is CC1(C)CC(=O)C2=C(C1)Nc1nn(CC3(C)CC(=O)C4=C(C3)Nc3n[nH]c(C#N)c3C4c3ccccc3)c(F)c1C2(C)c1ccccc1. The molecule has 0 saturated heterocycles. The number of rotatable bonds is 4. The molecule has 3 N–H and O–H groups in total. The number of allylic oxidation sites excluding steroid dienone is 4. The van der Waals surface area contributed by atoms with E-state index >= 15 is 4.39 Å². The molecule has 4 aromatic rings. The zero-order chi connectivity index (χ0) is 33.6. The molecule has 0 saturated carbocycles. The van der Waals surface area contributed by atoms with Crippen LogP contribution in [0.2, 0.25) is 0 Å². The number of fused-ring (bicyclic) bond motifs is 2. The molecule has 4 heterocycles. The average Bonchev–Trinajstić information content (AvgIpc) is 3.59. The lowest BCUT2D eigenvalue weighted by Crippen LogP contribution is -2.42. The average molecular weight is 642 g/mol. The van der Waals surface area contributed by atoms with E-state index in [1.807, 2.05) is 74.5 Å². The van der Waals surface area contributed by atoms with Crippen LogP contribution in [0, 0.1) is 28.1 Å². The van der Waals surface area contributed by atoms with Crippen LogP contribution in [0.4, 0.5) is 16.0 Å². The highest BCUT2D eigenvalue weighted by Crippen LogP contribution is 2.54. The van der Waals surface area contributed by atoms with Crippen molar-refractivity contribution < 1.29 is 14.0 Å². The van der Waals surface area contributed by atoms with Crippen LogP contribution in [0.5, 0.6) is 0 Å². The van der Waals surface area contributed by atoms with Gasteiger partial charge in [0.15, 0.2) is 23.2 Å². The summed E-state index contributed by atoms with van der Waals surface area (Å²) in [4.78, 5) is 28.0. The molecule has 0 fully saturated rings. The van der Waals surface area contributed by atoms with E-state index in [1.165, 1.54) is 4.68 Å². The Morgan fingerprint density at radius 2 is 1.58 bits per heavy atom. The molecule has 2 aliphatic carbocycles. The molecule has 0 radical (unpaired) electrons. The van der Waals surface area contributed by atoms with Crippen LogP contribution < -0.4 is 10.6 Å². The van der Waals surface area contributed by atoms with Crippen LogP contribution >= 0.6 is 0 Å². The molecule has 3 atom stereocenters. The van der Waals surface area contributed by atoms with Gasteiger partial charge in [0, 0.05) is 46.9 Å². The highest BCUT2D eigenvalue weighted by atomic mass is 19.1. The van der Waals surface area contributed by atoms with Crippen LogP contribution in [0.15, 0.2) is 83.2 Å². The number of aromatic nitrogens is 4. The minimum Gasteiger partial charge on any atom is -0.342 e. The number of anilines is 2. The molecule has 48 heavy (non-hydrogen) atoms. The van der Waals surface area contributed by atoms with Gasteiger partial charge in [0.25, 0.3) is 0 Å². The number of carbonyl (C=O) groups excluding carboxylic acids is 2. The molecule has 2 aromatic heterocycles. The van der Waals surface area contributed by atoms with E-state index in [2.05, 4.69) is 40.7 Å². The second kappa shape index (κ2) is 10.3. The summed E-state index contributed by atoms with van der Waals surface area (Å²) in [6.07, 6.45) is 1.63. The summed E-state index contributed by atoms with van der Waals surface area (Å²) in [6, 6.07) is 21.5. The first-order chi connectivity index (χ1) is 22.9. The van der Waals surface area contributed by atoms with E-state index in [0.29, 0.717) is 58.9 Å². The van der Waals surface area contributed by atoms with Crippen molar-refractivity contribution in [1.82, 2.24) is 20.0 Å². The number of Topliss-reactive ketones (excluding diaryl/α,β-unsaturated/α-hetero) is 2. The lowest BCUT2D eigenvalue weighted by atomic mass is 9.62. The molecular weight excluding hydrogens is 605 g/mol. The maximum absolute atomic E-state index is 17.0. The van der Waals surface area contributed by atoms with Crippen LogP contribution in [-0.2, 0) is 21.5 Å². The Morgan fingerprint density at radius 3 is 2.29 bits per heavy atom. The third-order valence-corrected chi connectivity index (χ3v) is 10.6. The van der Waals surface area contributed by atoms with E-state index in [1.54, 1.807) is 0 Å². The molecule has 242 valence electrons. The van der Waals surface area contributed by atoms with Crippen LogP contribution in [0.3, 0.4) is 0 Å². The first-order valence-electron chi connectivity index (χ1n) is 16.4. The molecule has 4 aliphatic rings. The Hall–Kier alpha value is -5.30. The van der Waals surface area contributed by atoms with Crippen molar-refractivity contribution in [3.05, 3.63) is 117 Å². The molecule has 10 heteroatoms. The van der Waals surface area contributed by atoms with Crippen molar-refractivity contribution in [2.45, 2.75) is 71.3 Å². The summed E-state index contributed by atoms with van der Waals surface area (Å²) in [5, 5.41) is 28.6. The number of hydrogen-bond acceptors (Lipinski definition) is 7. The maximum atomic E-state index is 17.0. The first kappa shape index (κ1) is 30.1. The maximum Gasteiger partial charge on any atom is 0.218 e. The molecule has 3 unspecified atom stereocenters. The lowest BCUT2D eigenvalue weighted by Gasteiger charge is -2.43. The Kier molecular flexibility index (Phi) is 6.48. The minimum atomic E-state index is -1.05. The Balaban J connectivity index is 1.20. The minimum absolute atomic E-state index is 0.0100. The van der Waals surface area contributed by atoms with Crippen molar-refractivity contribution in [2.24, 2.45) is 10.8 Å². The van der Waals surface area contributed by atoms with Gasteiger partial charge in [0.2, 0.25) is 5.95 Å². The third kappa shape index (κ3) is 4.40. The topological polar surface area (TPSA) is 128 Å². The third-order valence-electron chi connectivity index (χ3n) is 10.6. The number of nitriles is 1. The molecular formula is C38H36FN7O2. The number of halogens is 1. The summed E-state index contributed by atoms with van der Waals surface area (Å²) < 4.78 is 18.4. The molecule has 9 nitrogen and oxygen atoms in total. The summed E-state index contributed by atoms with van der Waals surface area (Å²) in [5.74, 6) is -0.107. The van der Waals surface area contributed by atoms with E-state index in [9.17, 15) is 14.9 Å². The van der Waals surface area contributed by atoms with Crippen LogP contribution in [-0.4, -0.2) is 31.5 Å². The molecule has 0 amide bonds. The zero-order valence-electron chi connectivity index (χ0n) is 27.4. The fourth-order valence-electron chi connectivity index (χ4n) is 8.65. The van der Waals surface area contributed by atoms with Gasteiger partial charge in [-0.3, -0.25) is 14.7 Å². The van der Waals surface area contributed by atoms with Crippen LogP contribution in [0.1, 0.15) is 87.2 Å². The van der Waals surface area contributed by atoms with Crippen molar-refractivity contribution >= 4 is 23.2 Å². The number of hydrogen-bond donors (Lipinski definition) is 3. The monoisotopic (exact) mass is 641 g/mol. The van der Waals surface area contributed by atoms with Gasteiger partial charge in [0.1, 0.15) is 11.8 Å². The van der Waals surface area contributed by atoms with Gasteiger partial charge in [-0.25, -0.2) is 4.68 Å². The lowest BCUT2D eigenvalue weighted by molar-refractivity contribution is -0.119. The van der Waals surface area contributed by atoms with Crippen molar-refractivity contribution in [1.29, 1.82) is 5.26 Å². The van der Waals surface area contributed by atoms with Gasteiger partial charge in [-0.15, -0.1) is 0 Å². The molecule has 0 spiro atoms. The number of ketones is 2. The predicted octanol–water partition coefficient (Wildman–Crippen LogP) is 6.87. The van der Waals surface area contributed by atoms with Crippen molar-refractivity contribution in [2.75, 3.05) is 10.6 Å². The highest BCUT2D eigenvalue weighted by Gasteiger charge is 2.51. The quantitative estimate of drug-likeness (QED) is 0.222. The summed E-state index contributed by atoms with van der Waals surface area (Å²) in [6.45, 7) is 8.19. The van der Waals surface area contributed by atoms with Gasteiger partial charge >= 0.3 is 0 Å². The zero-order valence-corrected chi connectivity index (χ0v) is 27.4. The van der Waals surface area contributed by atoms with Crippen molar-refractivity contribution in [3.63, 3.8) is 0 Å². The molecule has 0 bridgehead atoms. The number of nitrogens with zero attached hydrogens (tertiary/aromatic N) is 4.